The molecule has 0 N–H and O–H groups in total. The van der Waals surface area contributed by atoms with E-state index in [0.29, 0.717) is 0 Å². The summed E-state index contributed by atoms with van der Waals surface area (Å²) in [4.78, 5) is 0. The Morgan fingerprint density at radius 3 is 1.75 bits per heavy atom. The van der Waals surface area contributed by atoms with E-state index in [4.69, 9.17) is 13.6 Å². The minimum atomic E-state index is 0.844. The third-order valence-corrected chi connectivity index (χ3v) is 7.35. The summed E-state index contributed by atoms with van der Waals surface area (Å²) < 4.78 is 17.9. The summed E-state index contributed by atoms with van der Waals surface area (Å²) >= 11 is 0. The van der Waals surface area contributed by atoms with E-state index in [-0.39, 0.29) is 0 Å². The highest BCUT2D eigenvalue weighted by molar-refractivity contribution is 6.23. The summed E-state index contributed by atoms with van der Waals surface area (Å²) in [5.74, 6) is 0.844. The van der Waals surface area contributed by atoms with Crippen LogP contribution in [-0.4, -0.2) is 7.11 Å². The molecule has 0 saturated carbocycles. The highest BCUT2D eigenvalue weighted by atomic mass is 16.5. The number of methoxy groups -OCH3 is 1. The van der Waals surface area contributed by atoms with Crippen molar-refractivity contribution in [3.05, 3.63) is 103 Å². The summed E-state index contributed by atoms with van der Waals surface area (Å²) in [7, 11) is 1.69. The second-order valence-corrected chi connectivity index (χ2v) is 9.31. The van der Waals surface area contributed by atoms with Gasteiger partial charge < -0.3 is 13.6 Å². The van der Waals surface area contributed by atoms with Crippen LogP contribution in [0.15, 0.2) is 112 Å². The summed E-state index contributed by atoms with van der Waals surface area (Å²) in [5, 5.41) is 9.19. The van der Waals surface area contributed by atoms with Crippen LogP contribution in [-0.2, 0) is 0 Å². The Bertz CT molecular complexity index is 2130. The van der Waals surface area contributed by atoms with Gasteiger partial charge in [0.2, 0.25) is 0 Å². The molecule has 0 aliphatic rings. The molecule has 3 heteroatoms. The van der Waals surface area contributed by atoms with Crippen molar-refractivity contribution in [1.29, 1.82) is 0 Å². The number of ether oxygens (including phenoxy) is 1. The zero-order valence-electron chi connectivity index (χ0n) is 19.5. The lowest BCUT2D eigenvalue weighted by atomic mass is 9.91. The predicted molar refractivity (Wildman–Crippen MR) is 148 cm³/mol. The standard InChI is InChI=1S/C33H20O3/c1-34-21-12-10-19(11-13-21)24-14-20-15-32-28(22-6-2-4-8-30(22)35-32)16-25(20)27-18-33-29(17-26(24)27)23-7-3-5-9-31(23)36-33/h2-18H,1H3. The van der Waals surface area contributed by atoms with Crippen molar-refractivity contribution < 1.29 is 13.6 Å². The molecule has 0 amide bonds. The Balaban J connectivity index is 1.55. The van der Waals surface area contributed by atoms with Gasteiger partial charge in [0.05, 0.1) is 7.11 Å². The Morgan fingerprint density at radius 1 is 0.472 bits per heavy atom. The first-order chi connectivity index (χ1) is 17.8. The van der Waals surface area contributed by atoms with Crippen molar-refractivity contribution in [3.8, 4) is 16.9 Å². The number of rotatable bonds is 2. The van der Waals surface area contributed by atoms with Crippen molar-refractivity contribution in [2.75, 3.05) is 7.11 Å². The quantitative estimate of drug-likeness (QED) is 0.239. The molecule has 36 heavy (non-hydrogen) atoms. The van der Waals surface area contributed by atoms with E-state index in [2.05, 4.69) is 66.7 Å². The first kappa shape index (κ1) is 19.5. The lowest BCUT2D eigenvalue weighted by molar-refractivity contribution is 0.415. The molecule has 170 valence electrons. The van der Waals surface area contributed by atoms with Crippen LogP contribution in [0.25, 0.3) is 76.5 Å². The van der Waals surface area contributed by atoms with E-state index >= 15 is 0 Å². The van der Waals surface area contributed by atoms with Crippen LogP contribution < -0.4 is 4.74 Å². The summed E-state index contributed by atoms with van der Waals surface area (Å²) in [6, 6.07) is 35.9. The molecule has 2 heterocycles. The van der Waals surface area contributed by atoms with Gasteiger partial charge in [0, 0.05) is 21.5 Å². The number of furan rings is 2. The molecule has 0 aliphatic heterocycles. The fourth-order valence-electron chi connectivity index (χ4n) is 5.60. The van der Waals surface area contributed by atoms with Crippen LogP contribution in [0.5, 0.6) is 5.75 Å². The molecular weight excluding hydrogens is 444 g/mol. The molecule has 0 radical (unpaired) electrons. The summed E-state index contributed by atoms with van der Waals surface area (Å²) in [6.45, 7) is 0. The van der Waals surface area contributed by atoms with E-state index in [0.717, 1.165) is 66.0 Å². The van der Waals surface area contributed by atoms with Gasteiger partial charge in [0.25, 0.3) is 0 Å². The van der Waals surface area contributed by atoms with Gasteiger partial charge in [-0.2, -0.15) is 0 Å². The molecule has 0 unspecified atom stereocenters. The van der Waals surface area contributed by atoms with Gasteiger partial charge in [0.1, 0.15) is 28.1 Å². The van der Waals surface area contributed by atoms with E-state index in [9.17, 15) is 0 Å². The van der Waals surface area contributed by atoms with Gasteiger partial charge in [-0.15, -0.1) is 0 Å². The van der Waals surface area contributed by atoms with Crippen LogP contribution >= 0.6 is 0 Å². The van der Waals surface area contributed by atoms with Gasteiger partial charge in [-0.1, -0.05) is 48.5 Å². The predicted octanol–water partition coefficient (Wildman–Crippen LogP) is 9.47. The van der Waals surface area contributed by atoms with Gasteiger partial charge in [-0.3, -0.25) is 0 Å². The molecule has 0 bridgehead atoms. The second kappa shape index (κ2) is 7.12. The monoisotopic (exact) mass is 464 g/mol. The van der Waals surface area contributed by atoms with E-state index < -0.39 is 0 Å². The average Bonchev–Trinajstić information content (AvgIpc) is 3.48. The zero-order valence-corrected chi connectivity index (χ0v) is 19.5. The van der Waals surface area contributed by atoms with Crippen molar-refractivity contribution in [2.45, 2.75) is 0 Å². The Morgan fingerprint density at radius 2 is 1.08 bits per heavy atom. The SMILES string of the molecule is COc1ccc(-c2cc3cc4oc5ccccc5c4cc3c3cc4oc5ccccc5c4cc23)cc1. The molecule has 3 nitrogen and oxygen atoms in total. The Kier molecular flexibility index (Phi) is 3.87. The Labute approximate surface area is 206 Å². The van der Waals surface area contributed by atoms with Crippen molar-refractivity contribution in [1.82, 2.24) is 0 Å². The maximum absolute atomic E-state index is 6.29. The van der Waals surface area contributed by atoms with Gasteiger partial charge in [0.15, 0.2) is 0 Å². The summed E-state index contributed by atoms with van der Waals surface area (Å²) in [5.41, 5.74) is 5.91. The maximum Gasteiger partial charge on any atom is 0.136 e. The van der Waals surface area contributed by atoms with Gasteiger partial charge in [-0.25, -0.2) is 0 Å². The van der Waals surface area contributed by atoms with E-state index in [1.54, 1.807) is 7.11 Å². The number of hydrogen-bond donors (Lipinski definition) is 0. The van der Waals surface area contributed by atoms with E-state index in [1.165, 1.54) is 16.3 Å². The molecular formula is C33H20O3. The number of hydrogen-bond acceptors (Lipinski definition) is 3. The molecule has 0 fully saturated rings. The van der Waals surface area contributed by atoms with Crippen LogP contribution in [0, 0.1) is 0 Å². The Hall–Kier alpha value is -4.76. The molecule has 0 spiro atoms. The number of fused-ring (bicyclic) bond motifs is 9. The van der Waals surface area contributed by atoms with Crippen LogP contribution in [0.3, 0.4) is 0 Å². The second-order valence-electron chi connectivity index (χ2n) is 9.31. The smallest absolute Gasteiger partial charge is 0.136 e. The maximum atomic E-state index is 6.29. The molecule has 6 aromatic carbocycles. The van der Waals surface area contributed by atoms with E-state index in [1.807, 2.05) is 36.4 Å². The largest absolute Gasteiger partial charge is 0.497 e. The normalized spacial score (nSPS) is 12.0. The fraction of sp³-hybridized carbons (Fsp3) is 0.0303. The van der Waals surface area contributed by atoms with Crippen molar-refractivity contribution in [2.24, 2.45) is 0 Å². The topological polar surface area (TPSA) is 35.5 Å². The van der Waals surface area contributed by atoms with Gasteiger partial charge in [-0.05, 0) is 87.3 Å². The van der Waals surface area contributed by atoms with Crippen molar-refractivity contribution >= 4 is 65.4 Å². The third-order valence-electron chi connectivity index (χ3n) is 7.35. The lowest BCUT2D eigenvalue weighted by Crippen LogP contribution is -1.87. The highest BCUT2D eigenvalue weighted by Crippen LogP contribution is 2.42. The average molecular weight is 465 g/mol. The van der Waals surface area contributed by atoms with Crippen LogP contribution in [0.2, 0.25) is 0 Å². The minimum absolute atomic E-state index is 0.844. The fourth-order valence-corrected chi connectivity index (χ4v) is 5.60. The highest BCUT2D eigenvalue weighted by Gasteiger charge is 2.16. The molecule has 2 aromatic heterocycles. The number of benzene rings is 6. The summed E-state index contributed by atoms with van der Waals surface area (Å²) in [6.07, 6.45) is 0. The molecule has 8 rings (SSSR count). The minimum Gasteiger partial charge on any atom is -0.497 e. The van der Waals surface area contributed by atoms with Gasteiger partial charge >= 0.3 is 0 Å². The first-order valence-electron chi connectivity index (χ1n) is 12.0. The van der Waals surface area contributed by atoms with Crippen LogP contribution in [0.4, 0.5) is 0 Å². The molecule has 0 atom stereocenters. The number of para-hydroxylation sites is 2. The molecule has 0 aliphatic carbocycles. The molecule has 8 aromatic rings. The lowest BCUT2D eigenvalue weighted by Gasteiger charge is -2.12. The first-order valence-corrected chi connectivity index (χ1v) is 12.0. The third kappa shape index (κ3) is 2.68. The zero-order chi connectivity index (χ0) is 23.8. The van der Waals surface area contributed by atoms with Crippen LogP contribution in [0.1, 0.15) is 0 Å². The molecule has 0 saturated heterocycles. The van der Waals surface area contributed by atoms with Crippen molar-refractivity contribution in [3.63, 3.8) is 0 Å².